The number of amides is 1. The lowest BCUT2D eigenvalue weighted by molar-refractivity contribution is -0.127. The third-order valence-electron chi connectivity index (χ3n) is 3.90. The van der Waals surface area contributed by atoms with Gasteiger partial charge in [-0.25, -0.2) is 8.42 Å². The van der Waals surface area contributed by atoms with Crippen LogP contribution in [0.1, 0.15) is 12.6 Å². The van der Waals surface area contributed by atoms with Gasteiger partial charge in [-0.2, -0.15) is 0 Å². The van der Waals surface area contributed by atoms with Crippen LogP contribution in [-0.2, 0) is 21.4 Å². The fraction of sp³-hybridized carbons (Fsp3) is 0.294. The van der Waals surface area contributed by atoms with Gasteiger partial charge in [-0.3, -0.25) is 14.1 Å². The number of rotatable bonds is 5. The van der Waals surface area contributed by atoms with Crippen molar-refractivity contribution in [3.63, 3.8) is 0 Å². The summed E-state index contributed by atoms with van der Waals surface area (Å²) in [5, 5.41) is 2.74. The summed E-state index contributed by atoms with van der Waals surface area (Å²) < 4.78 is 31.7. The zero-order valence-corrected chi connectivity index (χ0v) is 14.6. The molecular weight excluding hydrogens is 342 g/mol. The fourth-order valence-electron chi connectivity index (χ4n) is 2.55. The van der Waals surface area contributed by atoms with E-state index in [-0.39, 0.29) is 24.7 Å². The van der Waals surface area contributed by atoms with Crippen LogP contribution in [0, 0.1) is 0 Å². The Morgan fingerprint density at radius 1 is 1.28 bits per heavy atom. The largest absolute Gasteiger partial charge is 0.476 e. The van der Waals surface area contributed by atoms with E-state index in [1.165, 1.54) is 4.31 Å². The highest BCUT2D eigenvalue weighted by molar-refractivity contribution is 7.92. The highest BCUT2D eigenvalue weighted by atomic mass is 32.2. The molecule has 1 aliphatic heterocycles. The average molecular weight is 361 g/mol. The second kappa shape index (κ2) is 7.10. The molecule has 0 bridgehead atoms. The molecule has 7 nitrogen and oxygen atoms in total. The summed E-state index contributed by atoms with van der Waals surface area (Å²) in [5.41, 5.74) is 1.17. The number of hydrogen-bond donors (Lipinski definition) is 1. The lowest BCUT2D eigenvalue weighted by Gasteiger charge is -2.34. The predicted molar refractivity (Wildman–Crippen MR) is 93.7 cm³/mol. The first-order valence-electron chi connectivity index (χ1n) is 7.95. The van der Waals surface area contributed by atoms with Gasteiger partial charge >= 0.3 is 0 Å². The number of aromatic nitrogens is 1. The molecular formula is C17H19N3O4S. The van der Waals surface area contributed by atoms with Gasteiger partial charge in [-0.05, 0) is 31.2 Å². The van der Waals surface area contributed by atoms with E-state index in [1.54, 1.807) is 49.5 Å². The van der Waals surface area contributed by atoms with Crippen molar-refractivity contribution in [3.8, 4) is 5.75 Å². The van der Waals surface area contributed by atoms with E-state index in [0.717, 1.165) is 0 Å². The molecule has 1 aromatic heterocycles. The van der Waals surface area contributed by atoms with Crippen LogP contribution in [0.15, 0.2) is 48.7 Å². The number of sulfonamides is 1. The number of anilines is 1. The molecule has 0 radical (unpaired) electrons. The Balaban J connectivity index is 1.78. The molecule has 2 aromatic rings. The fourth-order valence-corrected chi connectivity index (χ4v) is 3.68. The topological polar surface area (TPSA) is 88.6 Å². The molecule has 132 valence electrons. The molecule has 0 fully saturated rings. The van der Waals surface area contributed by atoms with Crippen LogP contribution in [0.25, 0.3) is 0 Å². The quantitative estimate of drug-likeness (QED) is 0.868. The van der Waals surface area contributed by atoms with Crippen molar-refractivity contribution >= 4 is 21.6 Å². The molecule has 1 amide bonds. The van der Waals surface area contributed by atoms with Crippen LogP contribution in [0.5, 0.6) is 5.75 Å². The van der Waals surface area contributed by atoms with Gasteiger partial charge in [-0.15, -0.1) is 0 Å². The summed E-state index contributed by atoms with van der Waals surface area (Å²) in [6.07, 6.45) is 0.727. The minimum atomic E-state index is -3.51. The first-order valence-corrected chi connectivity index (χ1v) is 9.56. The zero-order valence-electron chi connectivity index (χ0n) is 13.8. The number of nitrogens with zero attached hydrogens (tertiary/aromatic N) is 2. The lowest BCUT2D eigenvalue weighted by Crippen LogP contribution is -2.50. The number of para-hydroxylation sites is 2. The number of hydrogen-bond acceptors (Lipinski definition) is 5. The van der Waals surface area contributed by atoms with Crippen molar-refractivity contribution in [2.45, 2.75) is 19.6 Å². The van der Waals surface area contributed by atoms with Crippen molar-refractivity contribution in [1.82, 2.24) is 10.3 Å². The normalized spacial score (nSPS) is 16.7. The molecule has 0 spiro atoms. The number of pyridine rings is 1. The Kier molecular flexibility index (Phi) is 4.89. The monoisotopic (exact) mass is 361 g/mol. The van der Waals surface area contributed by atoms with E-state index in [4.69, 9.17) is 4.74 Å². The first-order chi connectivity index (χ1) is 12.0. The smallest absolute Gasteiger partial charge is 0.263 e. The van der Waals surface area contributed by atoms with Gasteiger partial charge in [0.15, 0.2) is 6.10 Å². The Bertz CT molecular complexity index is 855. The van der Waals surface area contributed by atoms with Crippen molar-refractivity contribution in [2.75, 3.05) is 16.6 Å². The van der Waals surface area contributed by atoms with Gasteiger partial charge in [-0.1, -0.05) is 18.2 Å². The Hall–Kier alpha value is -2.61. The van der Waals surface area contributed by atoms with E-state index in [9.17, 15) is 13.2 Å². The lowest BCUT2D eigenvalue weighted by atomic mass is 10.2. The highest BCUT2D eigenvalue weighted by Gasteiger charge is 2.35. The number of carbonyl (C=O) groups excluding carboxylic acids is 1. The predicted octanol–water partition coefficient (Wildman–Crippen LogP) is 1.32. The number of carbonyl (C=O) groups is 1. The van der Waals surface area contributed by atoms with Gasteiger partial charge in [0.2, 0.25) is 10.0 Å². The van der Waals surface area contributed by atoms with Crippen LogP contribution in [-0.4, -0.2) is 37.7 Å². The standard InChI is InChI=1S/C17H19N3O4S/c1-2-25(22,23)20-12-16(24-15-9-4-3-8-14(15)20)17(21)19-11-13-7-5-6-10-18-13/h3-10,16H,2,11-12H2,1H3,(H,19,21)/t16-/m0/s1. The second-order valence-electron chi connectivity index (χ2n) is 5.54. The molecule has 0 saturated carbocycles. The summed E-state index contributed by atoms with van der Waals surface area (Å²) in [5.74, 6) is -0.0518. The maximum atomic E-state index is 12.5. The van der Waals surface area contributed by atoms with Crippen LogP contribution in [0.2, 0.25) is 0 Å². The number of ether oxygens (including phenoxy) is 1. The summed E-state index contributed by atoms with van der Waals surface area (Å²) in [7, 11) is -3.51. The Morgan fingerprint density at radius 2 is 2.04 bits per heavy atom. The molecule has 3 rings (SSSR count). The molecule has 0 unspecified atom stereocenters. The van der Waals surface area contributed by atoms with Crippen LogP contribution >= 0.6 is 0 Å². The average Bonchev–Trinajstić information content (AvgIpc) is 2.66. The SMILES string of the molecule is CCS(=O)(=O)N1C[C@@H](C(=O)NCc2ccccn2)Oc2ccccc21. The van der Waals surface area contributed by atoms with Crippen molar-refractivity contribution in [2.24, 2.45) is 0 Å². The van der Waals surface area contributed by atoms with Gasteiger partial charge in [0.05, 0.1) is 30.2 Å². The van der Waals surface area contributed by atoms with Gasteiger partial charge < -0.3 is 10.1 Å². The van der Waals surface area contributed by atoms with E-state index >= 15 is 0 Å². The van der Waals surface area contributed by atoms with E-state index in [1.807, 2.05) is 6.07 Å². The van der Waals surface area contributed by atoms with Crippen LogP contribution in [0.4, 0.5) is 5.69 Å². The van der Waals surface area contributed by atoms with Gasteiger partial charge in [0.1, 0.15) is 5.75 Å². The van der Waals surface area contributed by atoms with Gasteiger partial charge in [0, 0.05) is 6.20 Å². The molecule has 2 heterocycles. The van der Waals surface area contributed by atoms with E-state index in [0.29, 0.717) is 17.1 Å². The molecule has 1 aliphatic rings. The van der Waals surface area contributed by atoms with E-state index < -0.39 is 16.1 Å². The Morgan fingerprint density at radius 3 is 2.76 bits per heavy atom. The zero-order chi connectivity index (χ0) is 17.9. The highest BCUT2D eigenvalue weighted by Crippen LogP contribution is 2.35. The maximum absolute atomic E-state index is 12.5. The number of nitrogens with one attached hydrogen (secondary N) is 1. The molecule has 0 aliphatic carbocycles. The second-order valence-corrected chi connectivity index (χ2v) is 7.73. The molecule has 1 atom stereocenters. The number of fused-ring (bicyclic) bond motifs is 1. The molecule has 1 aromatic carbocycles. The van der Waals surface area contributed by atoms with Crippen LogP contribution in [0.3, 0.4) is 0 Å². The Labute approximate surface area is 146 Å². The molecule has 25 heavy (non-hydrogen) atoms. The van der Waals surface area contributed by atoms with Crippen molar-refractivity contribution < 1.29 is 17.9 Å². The first kappa shape index (κ1) is 17.2. The third-order valence-corrected chi connectivity index (χ3v) is 5.64. The maximum Gasteiger partial charge on any atom is 0.263 e. The number of benzene rings is 1. The summed E-state index contributed by atoms with van der Waals surface area (Å²) in [4.78, 5) is 16.6. The van der Waals surface area contributed by atoms with Gasteiger partial charge in [0.25, 0.3) is 5.91 Å². The van der Waals surface area contributed by atoms with Crippen LogP contribution < -0.4 is 14.4 Å². The third kappa shape index (κ3) is 3.74. The summed E-state index contributed by atoms with van der Waals surface area (Å²) in [6, 6.07) is 12.2. The molecule has 8 heteroatoms. The minimum absolute atomic E-state index is 0.0520. The molecule has 0 saturated heterocycles. The van der Waals surface area contributed by atoms with Crippen molar-refractivity contribution in [3.05, 3.63) is 54.4 Å². The summed E-state index contributed by atoms with van der Waals surface area (Å²) >= 11 is 0. The van der Waals surface area contributed by atoms with E-state index in [2.05, 4.69) is 10.3 Å². The van der Waals surface area contributed by atoms with Crippen molar-refractivity contribution in [1.29, 1.82) is 0 Å². The molecule has 1 N–H and O–H groups in total. The minimum Gasteiger partial charge on any atom is -0.476 e. The summed E-state index contributed by atoms with van der Waals surface area (Å²) in [6.45, 7) is 1.77.